The molecule has 3 aromatic rings. The van der Waals surface area contributed by atoms with Crippen molar-refractivity contribution in [2.75, 3.05) is 45.3 Å². The van der Waals surface area contributed by atoms with Crippen LogP contribution in [0.5, 0.6) is 11.5 Å². The molecule has 0 spiro atoms. The van der Waals surface area contributed by atoms with Crippen LogP contribution in [0.4, 0.5) is 9.52 Å². The molecule has 0 N–H and O–H groups in total. The first-order valence-corrected chi connectivity index (χ1v) is 10.3. The second kappa shape index (κ2) is 8.34. The minimum absolute atomic E-state index is 0.166. The summed E-state index contributed by atoms with van der Waals surface area (Å²) in [5.74, 6) is 0.731. The number of thiazole rings is 1. The van der Waals surface area contributed by atoms with Crippen molar-refractivity contribution in [2.24, 2.45) is 0 Å². The van der Waals surface area contributed by atoms with Crippen LogP contribution in [0.2, 0.25) is 0 Å². The maximum atomic E-state index is 13.6. The first-order chi connectivity index (χ1) is 14.0. The molecule has 1 aromatic heterocycles. The quantitative estimate of drug-likeness (QED) is 0.613. The number of hydrogen-bond donors (Lipinski definition) is 0. The lowest BCUT2D eigenvalue weighted by Crippen LogP contribution is -2.33. The van der Waals surface area contributed by atoms with Gasteiger partial charge in [0, 0.05) is 12.1 Å². The number of amides is 1. The van der Waals surface area contributed by atoms with Crippen molar-refractivity contribution in [3.8, 4) is 11.5 Å². The molecular weight excluding hydrogens is 393 g/mol. The summed E-state index contributed by atoms with van der Waals surface area (Å²) in [4.78, 5) is 21.7. The Bertz CT molecular complexity index is 1040. The molecule has 4 rings (SSSR count). The lowest BCUT2D eigenvalue weighted by molar-refractivity contribution is 0.0984. The standard InChI is InChI=1S/C21H22FN3O3S/c1-24(2)8-3-9-25(21-23-16-6-5-15(22)13-19(16)29-21)20(26)14-4-7-17-18(12-14)28-11-10-27-17/h4-7,12-13H,3,8-11H2,1-2H3. The van der Waals surface area contributed by atoms with Gasteiger partial charge in [-0.2, -0.15) is 0 Å². The molecular formula is C21H22FN3O3S. The number of fused-ring (bicyclic) bond motifs is 2. The summed E-state index contributed by atoms with van der Waals surface area (Å²) in [6.07, 6.45) is 0.785. The van der Waals surface area contributed by atoms with Crippen molar-refractivity contribution in [3.05, 3.63) is 47.8 Å². The first-order valence-electron chi connectivity index (χ1n) is 9.43. The fourth-order valence-corrected chi connectivity index (χ4v) is 4.18. The molecule has 6 nitrogen and oxygen atoms in total. The Labute approximate surface area is 172 Å². The second-order valence-electron chi connectivity index (χ2n) is 7.08. The van der Waals surface area contributed by atoms with Crippen LogP contribution in [-0.2, 0) is 0 Å². The third-order valence-electron chi connectivity index (χ3n) is 4.59. The highest BCUT2D eigenvalue weighted by atomic mass is 32.1. The molecule has 2 heterocycles. The number of carbonyl (C=O) groups is 1. The van der Waals surface area contributed by atoms with Crippen LogP contribution in [0.3, 0.4) is 0 Å². The van der Waals surface area contributed by atoms with Crippen molar-refractivity contribution in [1.82, 2.24) is 9.88 Å². The van der Waals surface area contributed by atoms with Crippen molar-refractivity contribution in [3.63, 3.8) is 0 Å². The summed E-state index contributed by atoms with van der Waals surface area (Å²) in [7, 11) is 3.99. The molecule has 0 saturated carbocycles. The summed E-state index contributed by atoms with van der Waals surface area (Å²) >= 11 is 1.31. The van der Waals surface area contributed by atoms with E-state index < -0.39 is 0 Å². The SMILES string of the molecule is CN(C)CCCN(C(=O)c1ccc2c(c1)OCCO2)c1nc2ccc(F)cc2s1. The molecule has 1 aliphatic rings. The van der Waals surface area contributed by atoms with Gasteiger partial charge in [-0.15, -0.1) is 0 Å². The zero-order valence-corrected chi connectivity index (χ0v) is 17.2. The number of hydrogen-bond acceptors (Lipinski definition) is 6. The topological polar surface area (TPSA) is 54.9 Å². The number of ether oxygens (including phenoxy) is 2. The Balaban J connectivity index is 1.66. The van der Waals surface area contributed by atoms with E-state index in [-0.39, 0.29) is 11.7 Å². The molecule has 0 radical (unpaired) electrons. The van der Waals surface area contributed by atoms with E-state index in [2.05, 4.69) is 9.88 Å². The first kappa shape index (κ1) is 19.6. The van der Waals surface area contributed by atoms with E-state index >= 15 is 0 Å². The van der Waals surface area contributed by atoms with Crippen LogP contribution in [0.15, 0.2) is 36.4 Å². The highest BCUT2D eigenvalue weighted by Gasteiger charge is 2.23. The molecule has 0 fully saturated rings. The van der Waals surface area contributed by atoms with E-state index in [1.165, 1.54) is 23.5 Å². The number of halogens is 1. The minimum Gasteiger partial charge on any atom is -0.486 e. The van der Waals surface area contributed by atoms with E-state index in [0.29, 0.717) is 52.2 Å². The average Bonchev–Trinajstić information content (AvgIpc) is 3.13. The van der Waals surface area contributed by atoms with Gasteiger partial charge in [-0.05, 0) is 63.5 Å². The Morgan fingerprint density at radius 3 is 2.69 bits per heavy atom. The molecule has 0 atom stereocenters. The zero-order valence-electron chi connectivity index (χ0n) is 16.4. The second-order valence-corrected chi connectivity index (χ2v) is 8.09. The fraction of sp³-hybridized carbons (Fsp3) is 0.333. The average molecular weight is 415 g/mol. The summed E-state index contributed by atoms with van der Waals surface area (Å²) in [5.41, 5.74) is 1.18. The van der Waals surface area contributed by atoms with E-state index in [9.17, 15) is 9.18 Å². The van der Waals surface area contributed by atoms with Gasteiger partial charge in [0.05, 0.1) is 10.2 Å². The van der Waals surface area contributed by atoms with Gasteiger partial charge in [0.25, 0.3) is 5.91 Å². The molecule has 29 heavy (non-hydrogen) atoms. The van der Waals surface area contributed by atoms with Crippen LogP contribution < -0.4 is 14.4 Å². The number of aromatic nitrogens is 1. The molecule has 1 aliphatic heterocycles. The van der Waals surface area contributed by atoms with Gasteiger partial charge in [0.15, 0.2) is 16.6 Å². The van der Waals surface area contributed by atoms with Crippen LogP contribution in [0.25, 0.3) is 10.2 Å². The highest BCUT2D eigenvalue weighted by molar-refractivity contribution is 7.22. The summed E-state index contributed by atoms with van der Waals surface area (Å²) < 4.78 is 25.5. The summed E-state index contributed by atoms with van der Waals surface area (Å²) in [6, 6.07) is 9.67. The third-order valence-corrected chi connectivity index (χ3v) is 5.63. The normalized spacial score (nSPS) is 13.1. The van der Waals surface area contributed by atoms with Gasteiger partial charge >= 0.3 is 0 Å². The van der Waals surface area contributed by atoms with E-state index in [4.69, 9.17) is 9.47 Å². The zero-order chi connectivity index (χ0) is 20.4. The third kappa shape index (κ3) is 4.33. The van der Waals surface area contributed by atoms with Crippen molar-refractivity contribution in [2.45, 2.75) is 6.42 Å². The monoisotopic (exact) mass is 415 g/mol. The predicted octanol–water partition coefficient (Wildman–Crippen LogP) is 3.81. The van der Waals surface area contributed by atoms with Crippen LogP contribution in [0.1, 0.15) is 16.8 Å². The number of benzene rings is 2. The number of nitrogens with zero attached hydrogens (tertiary/aromatic N) is 3. The molecule has 0 bridgehead atoms. The molecule has 0 aliphatic carbocycles. The number of carbonyl (C=O) groups excluding carboxylic acids is 1. The number of rotatable bonds is 6. The van der Waals surface area contributed by atoms with Crippen LogP contribution in [-0.4, -0.2) is 56.2 Å². The number of anilines is 1. The lowest BCUT2D eigenvalue weighted by Gasteiger charge is -2.23. The Hall–Kier alpha value is -2.71. The minimum atomic E-state index is -0.315. The smallest absolute Gasteiger partial charge is 0.260 e. The fourth-order valence-electron chi connectivity index (χ4n) is 3.16. The Morgan fingerprint density at radius 1 is 1.10 bits per heavy atom. The van der Waals surface area contributed by atoms with Gasteiger partial charge in [-0.1, -0.05) is 11.3 Å². The predicted molar refractivity (Wildman–Crippen MR) is 112 cm³/mol. The van der Waals surface area contributed by atoms with Gasteiger partial charge in [0.2, 0.25) is 0 Å². The highest BCUT2D eigenvalue weighted by Crippen LogP contribution is 2.33. The van der Waals surface area contributed by atoms with E-state index in [0.717, 1.165) is 13.0 Å². The van der Waals surface area contributed by atoms with Crippen LogP contribution in [0, 0.1) is 5.82 Å². The maximum Gasteiger partial charge on any atom is 0.260 e. The Morgan fingerprint density at radius 2 is 1.90 bits per heavy atom. The molecule has 0 saturated heterocycles. The molecule has 1 amide bonds. The van der Waals surface area contributed by atoms with Crippen LogP contribution >= 0.6 is 11.3 Å². The van der Waals surface area contributed by atoms with E-state index in [1.807, 2.05) is 14.1 Å². The van der Waals surface area contributed by atoms with Crippen molar-refractivity contribution in [1.29, 1.82) is 0 Å². The summed E-state index contributed by atoms with van der Waals surface area (Å²) in [5, 5.41) is 0.559. The largest absolute Gasteiger partial charge is 0.486 e. The van der Waals surface area contributed by atoms with Gasteiger partial charge in [-0.3, -0.25) is 9.69 Å². The summed E-state index contributed by atoms with van der Waals surface area (Å²) in [6.45, 7) is 2.30. The molecule has 152 valence electrons. The maximum absolute atomic E-state index is 13.6. The van der Waals surface area contributed by atoms with Gasteiger partial charge < -0.3 is 14.4 Å². The molecule has 8 heteroatoms. The Kier molecular flexibility index (Phi) is 5.64. The van der Waals surface area contributed by atoms with Crippen molar-refractivity contribution >= 4 is 32.6 Å². The molecule has 2 aromatic carbocycles. The van der Waals surface area contributed by atoms with Gasteiger partial charge in [-0.25, -0.2) is 9.37 Å². The molecule has 0 unspecified atom stereocenters. The van der Waals surface area contributed by atoms with Crippen molar-refractivity contribution < 1.29 is 18.7 Å². The lowest BCUT2D eigenvalue weighted by atomic mass is 10.1. The van der Waals surface area contributed by atoms with E-state index in [1.54, 1.807) is 29.2 Å². The van der Waals surface area contributed by atoms with Gasteiger partial charge in [0.1, 0.15) is 19.0 Å².